The van der Waals surface area contributed by atoms with Crippen molar-refractivity contribution in [2.75, 3.05) is 40.3 Å². The van der Waals surface area contributed by atoms with Crippen LogP contribution in [-0.2, 0) is 4.79 Å². The number of nitrogens with zero attached hydrogens (tertiary/aromatic N) is 3. The number of hydrogen-bond acceptors (Lipinski definition) is 3. The summed E-state index contributed by atoms with van der Waals surface area (Å²) in [6.45, 7) is 5.18. The van der Waals surface area contributed by atoms with Gasteiger partial charge in [0.25, 0.3) is 0 Å². The average molecular weight is 269 g/mol. The Morgan fingerprint density at radius 1 is 1.53 bits per heavy atom. The van der Waals surface area contributed by atoms with E-state index in [1.165, 1.54) is 11.0 Å². The fourth-order valence-electron chi connectivity index (χ4n) is 2.37. The van der Waals surface area contributed by atoms with E-state index >= 15 is 0 Å². The number of carbonyl (C=O) groups is 2. The first-order valence-corrected chi connectivity index (χ1v) is 6.48. The van der Waals surface area contributed by atoms with Crippen molar-refractivity contribution in [2.45, 2.75) is 18.9 Å². The minimum absolute atomic E-state index is 0.246. The molecular formula is C13H23N3O3. The molecule has 0 spiro atoms. The predicted molar refractivity (Wildman–Crippen MR) is 73.1 cm³/mol. The molecule has 1 aliphatic heterocycles. The number of urea groups is 1. The zero-order valence-corrected chi connectivity index (χ0v) is 11.7. The number of carboxylic acid groups (broad SMARTS) is 1. The van der Waals surface area contributed by atoms with E-state index in [4.69, 9.17) is 5.11 Å². The van der Waals surface area contributed by atoms with Crippen molar-refractivity contribution < 1.29 is 14.7 Å². The molecule has 0 radical (unpaired) electrons. The van der Waals surface area contributed by atoms with Crippen LogP contribution >= 0.6 is 0 Å². The number of carboxylic acids is 1. The minimum atomic E-state index is -1.01. The fourth-order valence-corrected chi connectivity index (χ4v) is 2.37. The molecule has 1 saturated heterocycles. The molecule has 0 aromatic carbocycles. The topological polar surface area (TPSA) is 64.1 Å². The molecule has 1 aliphatic rings. The molecule has 6 heteroatoms. The summed E-state index contributed by atoms with van der Waals surface area (Å²) in [5.74, 6) is -1.01. The van der Waals surface area contributed by atoms with Gasteiger partial charge in [0.15, 0.2) is 0 Å². The van der Waals surface area contributed by atoms with Crippen molar-refractivity contribution in [1.82, 2.24) is 14.7 Å². The highest BCUT2D eigenvalue weighted by Gasteiger charge is 2.26. The minimum Gasteiger partial charge on any atom is -0.480 e. The monoisotopic (exact) mass is 269 g/mol. The third-order valence-corrected chi connectivity index (χ3v) is 3.43. The molecule has 1 heterocycles. The first kappa shape index (κ1) is 15.5. The number of amides is 2. The van der Waals surface area contributed by atoms with Gasteiger partial charge in [-0.3, -0.25) is 4.79 Å². The zero-order valence-electron chi connectivity index (χ0n) is 11.7. The number of rotatable bonds is 6. The number of hydrogen-bond donors (Lipinski definition) is 1. The lowest BCUT2D eigenvalue weighted by Crippen LogP contribution is -2.47. The summed E-state index contributed by atoms with van der Waals surface area (Å²) in [5.41, 5.74) is 0. The van der Waals surface area contributed by atoms with E-state index in [1.807, 2.05) is 0 Å². The summed E-state index contributed by atoms with van der Waals surface area (Å²) in [4.78, 5) is 28.1. The molecule has 0 aliphatic carbocycles. The van der Waals surface area contributed by atoms with Crippen molar-refractivity contribution >= 4 is 12.0 Å². The highest BCUT2D eigenvalue weighted by molar-refractivity contribution is 5.80. The van der Waals surface area contributed by atoms with Gasteiger partial charge < -0.3 is 19.8 Å². The van der Waals surface area contributed by atoms with Gasteiger partial charge in [0, 0.05) is 26.2 Å². The van der Waals surface area contributed by atoms with Crippen LogP contribution in [0.3, 0.4) is 0 Å². The molecule has 19 heavy (non-hydrogen) atoms. The summed E-state index contributed by atoms with van der Waals surface area (Å²) in [6, 6.07) is 0.104. The van der Waals surface area contributed by atoms with Crippen molar-refractivity contribution in [3.63, 3.8) is 0 Å². The van der Waals surface area contributed by atoms with Crippen LogP contribution in [0.1, 0.15) is 12.8 Å². The van der Waals surface area contributed by atoms with Gasteiger partial charge in [-0.1, -0.05) is 6.08 Å². The number of likely N-dealkylation sites (N-methyl/N-ethyl adjacent to an activating group) is 2. The van der Waals surface area contributed by atoms with Crippen molar-refractivity contribution in [1.29, 1.82) is 0 Å². The Kier molecular flexibility index (Phi) is 5.82. The van der Waals surface area contributed by atoms with Gasteiger partial charge in [-0.05, 0) is 26.4 Å². The lowest BCUT2D eigenvalue weighted by molar-refractivity contribution is -0.137. The maximum absolute atomic E-state index is 12.2. The zero-order chi connectivity index (χ0) is 14.4. The SMILES string of the molecule is C=CCN(CC(=O)O)C(=O)N(C)CC1CCCN1C. The molecular weight excluding hydrogens is 246 g/mol. The van der Waals surface area contributed by atoms with Crippen LogP contribution in [0.25, 0.3) is 0 Å². The maximum Gasteiger partial charge on any atom is 0.323 e. The number of carbonyl (C=O) groups excluding carboxylic acids is 1. The molecule has 1 N–H and O–H groups in total. The highest BCUT2D eigenvalue weighted by atomic mass is 16.4. The Morgan fingerprint density at radius 2 is 2.21 bits per heavy atom. The lowest BCUT2D eigenvalue weighted by atomic mass is 10.2. The van der Waals surface area contributed by atoms with Crippen LogP contribution in [0.4, 0.5) is 4.79 Å². The standard InChI is InChI=1S/C13H23N3O3/c1-4-7-16(10-12(17)18)13(19)15(3)9-11-6-5-8-14(11)2/h4,11H,1,5-10H2,2-3H3,(H,17,18). The third-order valence-electron chi connectivity index (χ3n) is 3.43. The molecule has 0 saturated carbocycles. The van der Waals surface area contributed by atoms with E-state index < -0.39 is 5.97 Å². The molecule has 1 atom stereocenters. The maximum atomic E-state index is 12.2. The predicted octanol–water partition coefficient (Wildman–Crippen LogP) is 0.705. The van der Waals surface area contributed by atoms with Crippen LogP contribution in [0.15, 0.2) is 12.7 Å². The molecule has 108 valence electrons. The summed E-state index contributed by atoms with van der Waals surface area (Å²) in [7, 11) is 3.77. The first-order valence-electron chi connectivity index (χ1n) is 6.48. The summed E-state index contributed by atoms with van der Waals surface area (Å²) in [6.07, 6.45) is 3.76. The molecule has 0 bridgehead atoms. The smallest absolute Gasteiger partial charge is 0.323 e. The molecule has 0 aromatic heterocycles. The van der Waals surface area contributed by atoms with E-state index in [-0.39, 0.29) is 19.1 Å². The van der Waals surface area contributed by atoms with Gasteiger partial charge in [0.05, 0.1) is 0 Å². The van der Waals surface area contributed by atoms with Gasteiger partial charge in [0.1, 0.15) is 6.54 Å². The second-order valence-electron chi connectivity index (χ2n) is 5.00. The summed E-state index contributed by atoms with van der Waals surface area (Å²) < 4.78 is 0. The van der Waals surface area contributed by atoms with Crippen molar-refractivity contribution in [2.24, 2.45) is 0 Å². The number of aliphatic carboxylic acids is 1. The Bertz CT molecular complexity index is 346. The molecule has 1 unspecified atom stereocenters. The summed E-state index contributed by atoms with van der Waals surface area (Å²) in [5, 5.41) is 8.81. The van der Waals surface area contributed by atoms with Crippen LogP contribution in [0.5, 0.6) is 0 Å². The third kappa shape index (κ3) is 4.55. The van der Waals surface area contributed by atoms with E-state index in [9.17, 15) is 9.59 Å². The average Bonchev–Trinajstić information content (AvgIpc) is 2.73. The first-order chi connectivity index (χ1) is 8.95. The molecule has 1 fully saturated rings. The summed E-state index contributed by atoms with van der Waals surface area (Å²) >= 11 is 0. The van der Waals surface area contributed by atoms with E-state index in [2.05, 4.69) is 18.5 Å². The lowest BCUT2D eigenvalue weighted by Gasteiger charge is -2.30. The van der Waals surface area contributed by atoms with Crippen LogP contribution in [0, 0.1) is 0 Å². The van der Waals surface area contributed by atoms with E-state index in [1.54, 1.807) is 11.9 Å². The van der Waals surface area contributed by atoms with Crippen molar-refractivity contribution in [3.8, 4) is 0 Å². The van der Waals surface area contributed by atoms with Crippen LogP contribution < -0.4 is 0 Å². The van der Waals surface area contributed by atoms with E-state index in [0.29, 0.717) is 12.6 Å². The van der Waals surface area contributed by atoms with Crippen molar-refractivity contribution in [3.05, 3.63) is 12.7 Å². The highest BCUT2D eigenvalue weighted by Crippen LogP contribution is 2.15. The Morgan fingerprint density at radius 3 is 2.68 bits per heavy atom. The molecule has 1 rings (SSSR count). The Hall–Kier alpha value is -1.56. The van der Waals surface area contributed by atoms with Crippen LogP contribution in [-0.4, -0.2) is 78.1 Å². The Balaban J connectivity index is 2.56. The Labute approximate surface area is 114 Å². The van der Waals surface area contributed by atoms with Gasteiger partial charge in [-0.15, -0.1) is 6.58 Å². The van der Waals surface area contributed by atoms with E-state index in [0.717, 1.165) is 19.4 Å². The quantitative estimate of drug-likeness (QED) is 0.721. The van der Waals surface area contributed by atoms with Crippen LogP contribution in [0.2, 0.25) is 0 Å². The second kappa shape index (κ2) is 7.13. The molecule has 2 amide bonds. The number of likely N-dealkylation sites (tertiary alicyclic amines) is 1. The molecule has 6 nitrogen and oxygen atoms in total. The second-order valence-corrected chi connectivity index (χ2v) is 5.00. The van der Waals surface area contributed by atoms with Gasteiger partial charge >= 0.3 is 12.0 Å². The fraction of sp³-hybridized carbons (Fsp3) is 0.692. The normalized spacial score (nSPS) is 19.2. The largest absolute Gasteiger partial charge is 0.480 e. The van der Waals surface area contributed by atoms with Gasteiger partial charge in [-0.2, -0.15) is 0 Å². The molecule has 0 aromatic rings. The van der Waals surface area contributed by atoms with Gasteiger partial charge in [-0.25, -0.2) is 4.79 Å². The van der Waals surface area contributed by atoms with Gasteiger partial charge in [0.2, 0.25) is 0 Å².